The van der Waals surface area contributed by atoms with Crippen molar-refractivity contribution in [1.29, 1.82) is 0 Å². The summed E-state index contributed by atoms with van der Waals surface area (Å²) in [6.45, 7) is 6.76. The molecule has 1 amide bonds. The molecule has 0 saturated heterocycles. The Hall–Kier alpha value is -2.44. The highest BCUT2D eigenvalue weighted by Gasteiger charge is 2.26. The average molecular weight is 390 g/mol. The van der Waals surface area contributed by atoms with E-state index in [-0.39, 0.29) is 24.0 Å². The molecule has 0 bridgehead atoms. The van der Waals surface area contributed by atoms with Crippen LogP contribution in [-0.4, -0.2) is 47.0 Å². The molecule has 2 aromatic rings. The molecular weight excluding hydrogens is 366 g/mol. The number of aromatic amines is 1. The molecule has 0 aliphatic rings. The molecule has 144 valence electrons. The van der Waals surface area contributed by atoms with Gasteiger partial charge < -0.3 is 10.3 Å². The number of ketones is 2. The van der Waals surface area contributed by atoms with Crippen LogP contribution in [0.15, 0.2) is 24.3 Å². The van der Waals surface area contributed by atoms with Gasteiger partial charge in [0.1, 0.15) is 0 Å². The number of hydrogen-bond acceptors (Lipinski definition) is 4. The molecule has 1 heterocycles. The summed E-state index contributed by atoms with van der Waals surface area (Å²) in [7, 11) is 1.70. The number of likely N-dealkylation sites (N-methyl/N-ethyl adjacent to an activating group) is 1. The van der Waals surface area contributed by atoms with Crippen molar-refractivity contribution in [3.63, 3.8) is 0 Å². The minimum atomic E-state index is -0.543. The van der Waals surface area contributed by atoms with E-state index in [4.69, 9.17) is 11.6 Å². The van der Waals surface area contributed by atoms with E-state index in [1.807, 2.05) is 0 Å². The number of aryl methyl sites for hydroxylation is 1. The molecule has 0 saturated carbocycles. The number of nitrogens with zero attached hydrogens (tertiary/aromatic N) is 1. The fourth-order valence-electron chi connectivity index (χ4n) is 3.05. The van der Waals surface area contributed by atoms with Gasteiger partial charge >= 0.3 is 0 Å². The van der Waals surface area contributed by atoms with Crippen molar-refractivity contribution in [2.45, 2.75) is 33.7 Å². The van der Waals surface area contributed by atoms with Crippen molar-refractivity contribution in [3.8, 4) is 0 Å². The summed E-state index contributed by atoms with van der Waals surface area (Å²) in [6, 6.07) is 6.42. The highest BCUT2D eigenvalue weighted by atomic mass is 35.5. The van der Waals surface area contributed by atoms with Gasteiger partial charge in [-0.3, -0.25) is 19.3 Å². The SMILES string of the molecule is CC(=O)c1c(C)[nH]c(C(=O)[C@@H](C)N(C)CC(=O)Nc2ccccc2Cl)c1C. The van der Waals surface area contributed by atoms with Crippen molar-refractivity contribution >= 4 is 34.8 Å². The number of carbonyl (C=O) groups is 3. The van der Waals surface area contributed by atoms with Crippen LogP contribution in [0.1, 0.15) is 46.0 Å². The lowest BCUT2D eigenvalue weighted by atomic mass is 10.0. The summed E-state index contributed by atoms with van der Waals surface area (Å²) in [5.41, 5.74) is 2.80. The normalized spacial score (nSPS) is 12.1. The molecule has 1 aromatic heterocycles. The lowest BCUT2D eigenvalue weighted by Crippen LogP contribution is -2.41. The number of anilines is 1. The summed E-state index contributed by atoms with van der Waals surface area (Å²) in [4.78, 5) is 41.6. The number of Topliss-reactive ketones (excluding diaryl/α,β-unsaturated/α-hetero) is 2. The van der Waals surface area contributed by atoms with Gasteiger partial charge in [0.05, 0.1) is 29.0 Å². The molecule has 0 aliphatic carbocycles. The molecule has 6 nitrogen and oxygen atoms in total. The summed E-state index contributed by atoms with van der Waals surface area (Å²) in [6.07, 6.45) is 0. The van der Waals surface area contributed by atoms with E-state index in [1.165, 1.54) is 6.92 Å². The Morgan fingerprint density at radius 3 is 2.41 bits per heavy atom. The zero-order chi connectivity index (χ0) is 20.3. The van der Waals surface area contributed by atoms with Crippen LogP contribution in [0.25, 0.3) is 0 Å². The zero-order valence-corrected chi connectivity index (χ0v) is 16.9. The number of benzene rings is 1. The number of carbonyl (C=O) groups excluding carboxylic acids is 3. The van der Waals surface area contributed by atoms with Crippen LogP contribution in [0.2, 0.25) is 5.02 Å². The minimum Gasteiger partial charge on any atom is -0.355 e. The second-order valence-electron chi connectivity index (χ2n) is 6.66. The van der Waals surface area contributed by atoms with Gasteiger partial charge in [-0.1, -0.05) is 23.7 Å². The summed E-state index contributed by atoms with van der Waals surface area (Å²) in [5.74, 6) is -0.523. The van der Waals surface area contributed by atoms with Crippen molar-refractivity contribution in [1.82, 2.24) is 9.88 Å². The number of H-pyrrole nitrogens is 1. The lowest BCUT2D eigenvalue weighted by molar-refractivity contribution is -0.117. The largest absolute Gasteiger partial charge is 0.355 e. The number of halogens is 1. The first kappa shape index (κ1) is 20.9. The first-order valence-electron chi connectivity index (χ1n) is 8.62. The van der Waals surface area contributed by atoms with Crippen molar-refractivity contribution in [3.05, 3.63) is 51.8 Å². The van der Waals surface area contributed by atoms with Gasteiger partial charge in [0.25, 0.3) is 0 Å². The molecule has 0 radical (unpaired) electrons. The van der Waals surface area contributed by atoms with E-state index in [0.717, 1.165) is 0 Å². The molecule has 2 rings (SSSR count). The monoisotopic (exact) mass is 389 g/mol. The molecule has 1 aromatic carbocycles. The molecule has 0 aliphatic heterocycles. The minimum absolute atomic E-state index is 0.0242. The smallest absolute Gasteiger partial charge is 0.238 e. The summed E-state index contributed by atoms with van der Waals surface area (Å²) < 4.78 is 0. The Kier molecular flexibility index (Phi) is 6.57. The molecule has 0 unspecified atom stereocenters. The van der Waals surface area contributed by atoms with Crippen LogP contribution in [0, 0.1) is 13.8 Å². The lowest BCUT2D eigenvalue weighted by Gasteiger charge is -2.23. The van der Waals surface area contributed by atoms with Crippen LogP contribution in [-0.2, 0) is 4.79 Å². The van der Waals surface area contributed by atoms with Crippen molar-refractivity contribution < 1.29 is 14.4 Å². The third-order valence-electron chi connectivity index (χ3n) is 4.62. The third-order valence-corrected chi connectivity index (χ3v) is 4.95. The van der Waals surface area contributed by atoms with Crippen LogP contribution in [0.5, 0.6) is 0 Å². The van der Waals surface area contributed by atoms with E-state index in [2.05, 4.69) is 10.3 Å². The first-order chi connectivity index (χ1) is 12.6. The molecule has 0 spiro atoms. The highest BCUT2D eigenvalue weighted by Crippen LogP contribution is 2.22. The van der Waals surface area contributed by atoms with Gasteiger partial charge in [0, 0.05) is 11.3 Å². The summed E-state index contributed by atoms with van der Waals surface area (Å²) >= 11 is 6.04. The fraction of sp³-hybridized carbons (Fsp3) is 0.350. The predicted octanol–water partition coefficient (Wildman–Crippen LogP) is 3.63. The Morgan fingerprint density at radius 2 is 1.85 bits per heavy atom. The molecule has 2 N–H and O–H groups in total. The average Bonchev–Trinajstić information content (AvgIpc) is 2.90. The van der Waals surface area contributed by atoms with Gasteiger partial charge in [-0.2, -0.15) is 0 Å². The fourth-order valence-corrected chi connectivity index (χ4v) is 3.23. The number of nitrogens with one attached hydrogen (secondary N) is 2. The number of para-hydroxylation sites is 1. The standard InChI is InChI=1S/C20H24ClN3O3/c1-11-18(14(4)25)12(2)22-19(11)20(27)13(3)24(5)10-17(26)23-16-9-7-6-8-15(16)21/h6-9,13,22H,10H2,1-5H3,(H,23,26)/t13-/m1/s1. The number of rotatable bonds is 7. The Morgan fingerprint density at radius 1 is 1.22 bits per heavy atom. The van der Waals surface area contributed by atoms with E-state index in [9.17, 15) is 14.4 Å². The maximum Gasteiger partial charge on any atom is 0.238 e. The summed E-state index contributed by atoms with van der Waals surface area (Å²) in [5, 5.41) is 3.19. The highest BCUT2D eigenvalue weighted by molar-refractivity contribution is 6.33. The van der Waals surface area contributed by atoms with Crippen molar-refractivity contribution in [2.75, 3.05) is 18.9 Å². The second-order valence-corrected chi connectivity index (χ2v) is 7.07. The first-order valence-corrected chi connectivity index (χ1v) is 9.00. The zero-order valence-electron chi connectivity index (χ0n) is 16.1. The Bertz CT molecular complexity index is 889. The van der Waals surface area contributed by atoms with E-state index >= 15 is 0 Å². The van der Waals surface area contributed by atoms with Crippen LogP contribution < -0.4 is 5.32 Å². The molecule has 1 atom stereocenters. The quantitative estimate of drug-likeness (QED) is 0.708. The maximum absolute atomic E-state index is 12.9. The van der Waals surface area contributed by atoms with Gasteiger partial charge in [0.2, 0.25) is 5.91 Å². The topological polar surface area (TPSA) is 82.3 Å². The van der Waals surface area contributed by atoms with Crippen molar-refractivity contribution in [2.24, 2.45) is 0 Å². The predicted molar refractivity (Wildman–Crippen MR) is 107 cm³/mol. The third kappa shape index (κ3) is 4.64. The molecule has 27 heavy (non-hydrogen) atoms. The number of aromatic nitrogens is 1. The second kappa shape index (κ2) is 8.50. The van der Waals surface area contributed by atoms with E-state index in [0.29, 0.717) is 33.2 Å². The Balaban J connectivity index is 2.08. The molecule has 0 fully saturated rings. The van der Waals surface area contributed by atoms with Crippen LogP contribution >= 0.6 is 11.6 Å². The molecule has 7 heteroatoms. The van der Waals surface area contributed by atoms with Gasteiger partial charge in [-0.25, -0.2) is 0 Å². The maximum atomic E-state index is 12.9. The van der Waals surface area contributed by atoms with Gasteiger partial charge in [-0.15, -0.1) is 0 Å². The van der Waals surface area contributed by atoms with Crippen LogP contribution in [0.3, 0.4) is 0 Å². The van der Waals surface area contributed by atoms with Gasteiger partial charge in [-0.05, 0) is 52.4 Å². The van der Waals surface area contributed by atoms with E-state index < -0.39 is 6.04 Å². The number of amides is 1. The number of hydrogen-bond donors (Lipinski definition) is 2. The van der Waals surface area contributed by atoms with Gasteiger partial charge in [0.15, 0.2) is 11.6 Å². The van der Waals surface area contributed by atoms with Crippen LogP contribution in [0.4, 0.5) is 5.69 Å². The molecular formula is C20H24ClN3O3. The van der Waals surface area contributed by atoms with E-state index in [1.54, 1.807) is 57.0 Å². The Labute approximate surface area is 163 Å².